The van der Waals surface area contributed by atoms with Crippen LogP contribution in [0.3, 0.4) is 0 Å². The molecular formula is C11H18N6S. The lowest BCUT2D eigenvalue weighted by Gasteiger charge is -2.10. The van der Waals surface area contributed by atoms with Gasteiger partial charge in [-0.25, -0.2) is 4.98 Å². The SMILES string of the molecule is Cc1csc(C(C)NCCn2cc(CN)nn2)n1. The summed E-state index contributed by atoms with van der Waals surface area (Å²) in [5.41, 5.74) is 7.37. The molecule has 0 aromatic carbocycles. The minimum atomic E-state index is 0.265. The van der Waals surface area contributed by atoms with E-state index in [1.54, 1.807) is 16.0 Å². The third kappa shape index (κ3) is 3.34. The molecule has 98 valence electrons. The summed E-state index contributed by atoms with van der Waals surface area (Å²) in [5.74, 6) is 0. The predicted molar refractivity (Wildman–Crippen MR) is 71.2 cm³/mol. The van der Waals surface area contributed by atoms with Gasteiger partial charge in [-0.3, -0.25) is 4.68 Å². The van der Waals surface area contributed by atoms with Crippen molar-refractivity contribution in [3.05, 3.63) is 28.0 Å². The van der Waals surface area contributed by atoms with E-state index in [4.69, 9.17) is 5.73 Å². The molecule has 0 fully saturated rings. The summed E-state index contributed by atoms with van der Waals surface area (Å²) >= 11 is 1.69. The van der Waals surface area contributed by atoms with Crippen molar-refractivity contribution >= 4 is 11.3 Å². The molecule has 0 aliphatic rings. The molecule has 0 spiro atoms. The largest absolute Gasteiger partial charge is 0.325 e. The number of hydrogen-bond acceptors (Lipinski definition) is 6. The molecule has 2 aromatic heterocycles. The molecule has 3 N–H and O–H groups in total. The Balaban J connectivity index is 1.78. The average Bonchev–Trinajstić information content (AvgIpc) is 2.98. The molecule has 1 unspecified atom stereocenters. The van der Waals surface area contributed by atoms with Gasteiger partial charge in [-0.1, -0.05) is 5.21 Å². The van der Waals surface area contributed by atoms with Crippen molar-refractivity contribution in [2.75, 3.05) is 6.54 Å². The summed E-state index contributed by atoms with van der Waals surface area (Å²) < 4.78 is 1.80. The van der Waals surface area contributed by atoms with Crippen molar-refractivity contribution in [3.63, 3.8) is 0 Å². The first kappa shape index (κ1) is 13.1. The molecule has 0 radical (unpaired) electrons. The summed E-state index contributed by atoms with van der Waals surface area (Å²) in [4.78, 5) is 4.46. The second-order valence-electron chi connectivity index (χ2n) is 4.18. The Morgan fingerprint density at radius 3 is 3.00 bits per heavy atom. The Morgan fingerprint density at radius 2 is 2.39 bits per heavy atom. The van der Waals surface area contributed by atoms with Crippen molar-refractivity contribution in [3.8, 4) is 0 Å². The van der Waals surface area contributed by atoms with Gasteiger partial charge in [-0.2, -0.15) is 0 Å². The minimum absolute atomic E-state index is 0.265. The summed E-state index contributed by atoms with van der Waals surface area (Å²) in [6.07, 6.45) is 1.87. The van der Waals surface area contributed by atoms with Crippen LogP contribution in [0.2, 0.25) is 0 Å². The highest BCUT2D eigenvalue weighted by atomic mass is 32.1. The summed E-state index contributed by atoms with van der Waals surface area (Å²) in [5, 5.41) is 14.5. The molecule has 0 saturated carbocycles. The van der Waals surface area contributed by atoms with Crippen LogP contribution in [-0.2, 0) is 13.1 Å². The molecule has 6 nitrogen and oxygen atoms in total. The Kier molecular flexibility index (Phi) is 4.40. The van der Waals surface area contributed by atoms with Gasteiger partial charge in [-0.05, 0) is 13.8 Å². The van der Waals surface area contributed by atoms with E-state index in [0.717, 1.165) is 29.5 Å². The number of nitrogens with one attached hydrogen (secondary N) is 1. The number of aryl methyl sites for hydroxylation is 1. The van der Waals surface area contributed by atoms with E-state index in [2.05, 4.69) is 32.9 Å². The molecule has 0 bridgehead atoms. The lowest BCUT2D eigenvalue weighted by Crippen LogP contribution is -2.23. The fourth-order valence-corrected chi connectivity index (χ4v) is 2.42. The fourth-order valence-electron chi connectivity index (χ4n) is 1.60. The van der Waals surface area contributed by atoms with Crippen LogP contribution in [0.5, 0.6) is 0 Å². The van der Waals surface area contributed by atoms with E-state index in [9.17, 15) is 0 Å². The van der Waals surface area contributed by atoms with Crippen molar-refractivity contribution in [2.45, 2.75) is 33.0 Å². The lowest BCUT2D eigenvalue weighted by atomic mass is 10.3. The number of nitrogens with zero attached hydrogens (tertiary/aromatic N) is 4. The average molecular weight is 266 g/mol. The highest BCUT2D eigenvalue weighted by Gasteiger charge is 2.08. The van der Waals surface area contributed by atoms with E-state index < -0.39 is 0 Å². The van der Waals surface area contributed by atoms with Gasteiger partial charge in [0, 0.05) is 30.4 Å². The molecule has 1 atom stereocenters. The fraction of sp³-hybridized carbons (Fsp3) is 0.545. The third-order valence-electron chi connectivity index (χ3n) is 2.59. The maximum absolute atomic E-state index is 5.48. The first-order chi connectivity index (χ1) is 8.69. The first-order valence-corrected chi connectivity index (χ1v) is 6.81. The molecular weight excluding hydrogens is 248 g/mol. The van der Waals surface area contributed by atoms with Crippen molar-refractivity contribution in [2.24, 2.45) is 5.73 Å². The summed E-state index contributed by atoms with van der Waals surface area (Å²) in [7, 11) is 0. The van der Waals surface area contributed by atoms with Crippen LogP contribution in [0.25, 0.3) is 0 Å². The molecule has 0 amide bonds. The molecule has 0 aliphatic carbocycles. The normalized spacial score (nSPS) is 12.8. The summed E-state index contributed by atoms with van der Waals surface area (Å²) in [6.45, 7) is 6.17. The zero-order valence-corrected chi connectivity index (χ0v) is 11.4. The second kappa shape index (κ2) is 6.03. The number of aromatic nitrogens is 4. The van der Waals surface area contributed by atoms with E-state index in [1.165, 1.54) is 0 Å². The quantitative estimate of drug-likeness (QED) is 0.810. The Bertz CT molecular complexity index is 491. The standard InChI is InChI=1S/C11H18N6S/c1-8-7-18-11(14-8)9(2)13-3-4-17-6-10(5-12)15-16-17/h6-7,9,13H,3-5,12H2,1-2H3. The summed E-state index contributed by atoms with van der Waals surface area (Å²) in [6, 6.07) is 0.265. The van der Waals surface area contributed by atoms with E-state index in [1.807, 2.05) is 13.1 Å². The molecule has 0 saturated heterocycles. The number of thiazole rings is 1. The van der Waals surface area contributed by atoms with Crippen molar-refractivity contribution < 1.29 is 0 Å². The zero-order valence-electron chi connectivity index (χ0n) is 10.6. The molecule has 18 heavy (non-hydrogen) atoms. The number of hydrogen-bond donors (Lipinski definition) is 2. The van der Waals surface area contributed by atoms with Crippen molar-refractivity contribution in [1.29, 1.82) is 0 Å². The van der Waals surface area contributed by atoms with Crippen LogP contribution >= 0.6 is 11.3 Å². The maximum atomic E-state index is 5.48. The third-order valence-corrected chi connectivity index (χ3v) is 3.74. The monoisotopic (exact) mass is 266 g/mol. The van der Waals surface area contributed by atoms with Gasteiger partial charge in [0.15, 0.2) is 0 Å². The molecule has 2 rings (SSSR count). The van der Waals surface area contributed by atoms with Crippen LogP contribution < -0.4 is 11.1 Å². The highest BCUT2D eigenvalue weighted by Crippen LogP contribution is 2.16. The van der Waals surface area contributed by atoms with Gasteiger partial charge >= 0.3 is 0 Å². The zero-order chi connectivity index (χ0) is 13.0. The van der Waals surface area contributed by atoms with Gasteiger partial charge in [0.2, 0.25) is 0 Å². The maximum Gasteiger partial charge on any atom is 0.110 e. The van der Waals surface area contributed by atoms with Crippen LogP contribution in [0.15, 0.2) is 11.6 Å². The molecule has 2 heterocycles. The topological polar surface area (TPSA) is 81.7 Å². The van der Waals surface area contributed by atoms with Gasteiger partial charge in [0.25, 0.3) is 0 Å². The minimum Gasteiger partial charge on any atom is -0.325 e. The van der Waals surface area contributed by atoms with Crippen LogP contribution in [0, 0.1) is 6.92 Å². The molecule has 2 aromatic rings. The smallest absolute Gasteiger partial charge is 0.110 e. The van der Waals surface area contributed by atoms with Crippen LogP contribution in [-0.4, -0.2) is 26.5 Å². The van der Waals surface area contributed by atoms with Crippen LogP contribution in [0.4, 0.5) is 0 Å². The molecule has 7 heteroatoms. The van der Waals surface area contributed by atoms with E-state index >= 15 is 0 Å². The lowest BCUT2D eigenvalue weighted by molar-refractivity contribution is 0.498. The van der Waals surface area contributed by atoms with E-state index in [0.29, 0.717) is 6.54 Å². The Morgan fingerprint density at radius 1 is 1.56 bits per heavy atom. The molecule has 0 aliphatic heterocycles. The highest BCUT2D eigenvalue weighted by molar-refractivity contribution is 7.09. The Labute approximate surface area is 110 Å². The predicted octanol–water partition coefficient (Wildman–Crippen LogP) is 0.853. The first-order valence-electron chi connectivity index (χ1n) is 5.93. The second-order valence-corrected chi connectivity index (χ2v) is 5.07. The van der Waals surface area contributed by atoms with Gasteiger partial charge in [0.1, 0.15) is 5.01 Å². The van der Waals surface area contributed by atoms with Gasteiger partial charge < -0.3 is 11.1 Å². The van der Waals surface area contributed by atoms with Gasteiger partial charge in [0.05, 0.1) is 18.3 Å². The van der Waals surface area contributed by atoms with Gasteiger partial charge in [-0.15, -0.1) is 16.4 Å². The Hall–Kier alpha value is -1.31. The number of nitrogens with two attached hydrogens (primary N) is 1. The van der Waals surface area contributed by atoms with Crippen LogP contribution in [0.1, 0.15) is 29.4 Å². The number of rotatable bonds is 6. The van der Waals surface area contributed by atoms with Crippen molar-refractivity contribution in [1.82, 2.24) is 25.3 Å². The van der Waals surface area contributed by atoms with E-state index in [-0.39, 0.29) is 6.04 Å².